The van der Waals surface area contributed by atoms with E-state index in [0.29, 0.717) is 5.75 Å². The van der Waals surface area contributed by atoms with Gasteiger partial charge in [-0.15, -0.1) is 11.3 Å². The van der Waals surface area contributed by atoms with Crippen molar-refractivity contribution < 1.29 is 4.79 Å². The molecule has 1 saturated heterocycles. The quantitative estimate of drug-likeness (QED) is 0.549. The van der Waals surface area contributed by atoms with Crippen LogP contribution in [0.3, 0.4) is 0 Å². The Bertz CT molecular complexity index is 979. The van der Waals surface area contributed by atoms with Gasteiger partial charge in [0.2, 0.25) is 5.91 Å². The highest BCUT2D eigenvalue weighted by Crippen LogP contribution is 2.29. The maximum Gasteiger partial charge on any atom is 0.233 e. The van der Waals surface area contributed by atoms with Gasteiger partial charge >= 0.3 is 0 Å². The van der Waals surface area contributed by atoms with Crippen molar-refractivity contribution in [2.75, 3.05) is 36.8 Å². The number of thioether (sulfide) groups is 1. The van der Waals surface area contributed by atoms with Crippen molar-refractivity contribution in [2.24, 2.45) is 0 Å². The molecule has 0 bridgehead atoms. The number of aromatic nitrogens is 1. The molecule has 150 valence electrons. The van der Waals surface area contributed by atoms with Crippen molar-refractivity contribution >= 4 is 34.7 Å². The van der Waals surface area contributed by atoms with Crippen molar-refractivity contribution in [3.05, 3.63) is 65.0 Å². The number of thiazole rings is 1. The zero-order valence-electron chi connectivity index (χ0n) is 16.8. The summed E-state index contributed by atoms with van der Waals surface area (Å²) in [5.41, 5.74) is 6.04. The van der Waals surface area contributed by atoms with Crippen molar-refractivity contribution in [2.45, 2.75) is 18.2 Å². The average molecular weight is 424 g/mol. The standard InChI is InChI=1S/C23H25N3OS2/c1-17-7-6-10-21(18(17)2)25-11-13-26(14-12-25)22(27)16-29-23-24-20(15-28-23)19-8-4-3-5-9-19/h3-10,15H,11-14,16H2,1-2H3. The lowest BCUT2D eigenvalue weighted by Crippen LogP contribution is -2.49. The molecule has 0 aliphatic carbocycles. The number of benzene rings is 2. The largest absolute Gasteiger partial charge is 0.368 e. The summed E-state index contributed by atoms with van der Waals surface area (Å²) in [6.45, 7) is 7.65. The summed E-state index contributed by atoms with van der Waals surface area (Å²) < 4.78 is 0.950. The molecule has 1 amide bonds. The number of piperazine rings is 1. The summed E-state index contributed by atoms with van der Waals surface area (Å²) >= 11 is 3.15. The molecule has 0 spiro atoms. The van der Waals surface area contributed by atoms with Crippen LogP contribution in [0, 0.1) is 13.8 Å². The fourth-order valence-corrected chi connectivity index (χ4v) is 5.29. The van der Waals surface area contributed by atoms with Crippen LogP contribution < -0.4 is 4.90 Å². The lowest BCUT2D eigenvalue weighted by Gasteiger charge is -2.37. The van der Waals surface area contributed by atoms with Crippen LogP contribution in [0.4, 0.5) is 5.69 Å². The van der Waals surface area contributed by atoms with Crippen LogP contribution in [-0.2, 0) is 4.79 Å². The van der Waals surface area contributed by atoms with Crippen LogP contribution in [0.15, 0.2) is 58.3 Å². The summed E-state index contributed by atoms with van der Waals surface area (Å²) in [5.74, 6) is 0.651. The molecule has 1 aromatic heterocycles. The maximum atomic E-state index is 12.7. The Balaban J connectivity index is 1.29. The Kier molecular flexibility index (Phi) is 6.21. The first-order valence-corrected chi connectivity index (χ1v) is 11.7. The minimum Gasteiger partial charge on any atom is -0.368 e. The molecular weight excluding hydrogens is 398 g/mol. The lowest BCUT2D eigenvalue weighted by atomic mass is 10.1. The van der Waals surface area contributed by atoms with Gasteiger partial charge in [-0.1, -0.05) is 54.2 Å². The summed E-state index contributed by atoms with van der Waals surface area (Å²) in [6, 6.07) is 16.6. The van der Waals surface area contributed by atoms with Crippen LogP contribution in [0.2, 0.25) is 0 Å². The lowest BCUT2D eigenvalue weighted by molar-refractivity contribution is -0.128. The molecule has 0 N–H and O–H groups in total. The highest BCUT2D eigenvalue weighted by Gasteiger charge is 2.22. The number of carbonyl (C=O) groups excluding carboxylic acids is 1. The molecule has 0 atom stereocenters. The van der Waals surface area contributed by atoms with Gasteiger partial charge < -0.3 is 9.80 Å². The van der Waals surface area contributed by atoms with Crippen LogP contribution in [0.25, 0.3) is 11.3 Å². The normalized spacial score (nSPS) is 14.3. The molecule has 0 unspecified atom stereocenters. The molecule has 0 saturated carbocycles. The van der Waals surface area contributed by atoms with E-state index in [0.717, 1.165) is 41.8 Å². The van der Waals surface area contributed by atoms with Crippen molar-refractivity contribution in [1.82, 2.24) is 9.88 Å². The zero-order valence-corrected chi connectivity index (χ0v) is 18.4. The summed E-state index contributed by atoms with van der Waals surface area (Å²) in [7, 11) is 0. The predicted molar refractivity (Wildman–Crippen MR) is 123 cm³/mol. The molecule has 4 nitrogen and oxygen atoms in total. The van der Waals surface area contributed by atoms with Crippen molar-refractivity contribution in [3.8, 4) is 11.3 Å². The first-order chi connectivity index (χ1) is 14.1. The predicted octanol–water partition coefficient (Wildman–Crippen LogP) is 4.87. The fourth-order valence-electron chi connectivity index (χ4n) is 3.55. The number of hydrogen-bond donors (Lipinski definition) is 0. The van der Waals surface area contributed by atoms with Gasteiger partial charge in [-0.3, -0.25) is 4.79 Å². The Morgan fingerprint density at radius 1 is 1.03 bits per heavy atom. The first kappa shape index (κ1) is 20.0. The van der Waals surface area contributed by atoms with Gasteiger partial charge in [0.05, 0.1) is 11.4 Å². The Labute approximate surface area is 180 Å². The molecule has 2 heterocycles. The van der Waals surface area contributed by atoms with E-state index >= 15 is 0 Å². The zero-order chi connectivity index (χ0) is 20.2. The van der Waals surface area contributed by atoms with Crippen LogP contribution in [-0.4, -0.2) is 47.7 Å². The second kappa shape index (κ2) is 9.01. The molecule has 1 aliphatic rings. The highest BCUT2D eigenvalue weighted by molar-refractivity contribution is 8.01. The van der Waals surface area contributed by atoms with Crippen LogP contribution in [0.5, 0.6) is 0 Å². The topological polar surface area (TPSA) is 36.4 Å². The number of amides is 1. The van der Waals surface area contributed by atoms with Crippen molar-refractivity contribution in [1.29, 1.82) is 0 Å². The van der Waals surface area contributed by atoms with Gasteiger partial charge in [-0.25, -0.2) is 4.98 Å². The number of rotatable bonds is 5. The maximum absolute atomic E-state index is 12.7. The summed E-state index contributed by atoms with van der Waals surface area (Å²) in [6.07, 6.45) is 0. The fraction of sp³-hybridized carbons (Fsp3) is 0.304. The summed E-state index contributed by atoms with van der Waals surface area (Å²) in [4.78, 5) is 21.7. The molecule has 4 rings (SSSR count). The van der Waals surface area contributed by atoms with Gasteiger partial charge in [-0.2, -0.15) is 0 Å². The highest BCUT2D eigenvalue weighted by atomic mass is 32.2. The third kappa shape index (κ3) is 4.65. The second-order valence-corrected chi connectivity index (χ2v) is 9.32. The van der Waals surface area contributed by atoms with Gasteiger partial charge in [-0.05, 0) is 31.0 Å². The van der Waals surface area contributed by atoms with Crippen LogP contribution >= 0.6 is 23.1 Å². The van der Waals surface area contributed by atoms with Crippen LogP contribution in [0.1, 0.15) is 11.1 Å². The minimum absolute atomic E-state index is 0.201. The second-order valence-electron chi connectivity index (χ2n) is 7.24. The Morgan fingerprint density at radius 3 is 2.55 bits per heavy atom. The molecule has 0 radical (unpaired) electrons. The van der Waals surface area contributed by atoms with E-state index in [2.05, 4.69) is 59.4 Å². The molecule has 2 aromatic carbocycles. The molecule has 3 aromatic rings. The molecule has 1 aliphatic heterocycles. The van der Waals surface area contributed by atoms with E-state index in [9.17, 15) is 4.79 Å². The number of anilines is 1. The number of nitrogens with zero attached hydrogens (tertiary/aromatic N) is 3. The first-order valence-electron chi connectivity index (χ1n) is 9.84. The number of hydrogen-bond acceptors (Lipinski definition) is 5. The Morgan fingerprint density at radius 2 is 1.79 bits per heavy atom. The number of aryl methyl sites for hydroxylation is 1. The third-order valence-electron chi connectivity index (χ3n) is 5.42. The molecule has 29 heavy (non-hydrogen) atoms. The SMILES string of the molecule is Cc1cccc(N2CCN(C(=O)CSc3nc(-c4ccccc4)cs3)CC2)c1C. The monoisotopic (exact) mass is 423 g/mol. The third-order valence-corrected chi connectivity index (χ3v) is 7.43. The molecule has 6 heteroatoms. The van der Waals surface area contributed by atoms with E-state index in [-0.39, 0.29) is 5.91 Å². The van der Waals surface area contributed by atoms with Gasteiger partial charge in [0, 0.05) is 42.8 Å². The van der Waals surface area contributed by atoms with E-state index in [4.69, 9.17) is 0 Å². The van der Waals surface area contributed by atoms with E-state index < -0.39 is 0 Å². The minimum atomic E-state index is 0.201. The van der Waals surface area contributed by atoms with Gasteiger partial charge in [0.1, 0.15) is 0 Å². The van der Waals surface area contributed by atoms with E-state index in [1.54, 1.807) is 23.1 Å². The molecular formula is C23H25N3OS2. The molecule has 1 fully saturated rings. The number of carbonyl (C=O) groups is 1. The average Bonchev–Trinajstić information content (AvgIpc) is 3.24. The van der Waals surface area contributed by atoms with E-state index in [1.807, 2.05) is 23.1 Å². The van der Waals surface area contributed by atoms with E-state index in [1.165, 1.54) is 16.8 Å². The van der Waals surface area contributed by atoms with Crippen molar-refractivity contribution in [3.63, 3.8) is 0 Å². The van der Waals surface area contributed by atoms with Gasteiger partial charge in [0.25, 0.3) is 0 Å². The summed E-state index contributed by atoms with van der Waals surface area (Å²) in [5, 5.41) is 2.06. The Hall–Kier alpha value is -2.31. The van der Waals surface area contributed by atoms with Gasteiger partial charge in [0.15, 0.2) is 4.34 Å². The smallest absolute Gasteiger partial charge is 0.233 e.